The smallest absolute Gasteiger partial charge is 0.135 e. The van der Waals surface area contributed by atoms with E-state index >= 15 is 0 Å². The summed E-state index contributed by atoms with van der Waals surface area (Å²) < 4.78 is 6.21. The summed E-state index contributed by atoms with van der Waals surface area (Å²) in [6.07, 6.45) is 0. The molecule has 12 rings (SSSR count). The molecule has 0 N–H and O–H groups in total. The summed E-state index contributed by atoms with van der Waals surface area (Å²) in [5.74, 6) is 0. The van der Waals surface area contributed by atoms with Crippen LogP contribution in [0.15, 0.2) is 205 Å². The lowest BCUT2D eigenvalue weighted by molar-refractivity contribution is 0.660. The second-order valence-corrected chi connectivity index (χ2v) is 16.7. The van der Waals surface area contributed by atoms with Crippen molar-refractivity contribution >= 4 is 39.0 Å². The third-order valence-corrected chi connectivity index (χ3v) is 13.2. The van der Waals surface area contributed by atoms with Gasteiger partial charge in [0.05, 0.1) is 5.41 Å². The van der Waals surface area contributed by atoms with E-state index in [1.807, 2.05) is 18.2 Å². The molecule has 0 amide bonds. The summed E-state index contributed by atoms with van der Waals surface area (Å²) in [5, 5.41) is 2.25. The molecular formula is C58H39NO. The van der Waals surface area contributed by atoms with E-state index in [0.717, 1.165) is 55.7 Å². The van der Waals surface area contributed by atoms with Gasteiger partial charge in [0.1, 0.15) is 11.2 Å². The molecule has 1 heterocycles. The molecule has 0 atom stereocenters. The molecule has 0 radical (unpaired) electrons. The zero-order chi connectivity index (χ0) is 40.0. The Labute approximate surface area is 350 Å². The molecule has 60 heavy (non-hydrogen) atoms. The molecule has 2 nitrogen and oxygen atoms in total. The van der Waals surface area contributed by atoms with E-state index in [1.165, 1.54) is 50.1 Å². The molecule has 2 aliphatic carbocycles. The number of nitrogens with zero attached hydrogens (tertiary/aromatic N) is 1. The van der Waals surface area contributed by atoms with Crippen molar-refractivity contribution in [3.8, 4) is 33.4 Å². The molecule has 2 aliphatic rings. The van der Waals surface area contributed by atoms with Crippen molar-refractivity contribution in [2.24, 2.45) is 0 Å². The SMILES string of the molecule is CC1(C)c2ccccc2-c2ccc(N(c3ccc(C4(c5c#cccc5)c5ccccc5-c5ccccc54)cc3)c3cccc(-c4ccc5oc6ccccc6c5c4)c3)cc21. The van der Waals surface area contributed by atoms with Gasteiger partial charge in [-0.15, -0.1) is 0 Å². The van der Waals surface area contributed by atoms with Crippen LogP contribution in [0.4, 0.5) is 17.1 Å². The minimum atomic E-state index is -0.548. The number of rotatable bonds is 6. The second-order valence-electron chi connectivity index (χ2n) is 16.7. The molecule has 9 aromatic carbocycles. The predicted molar refractivity (Wildman–Crippen MR) is 246 cm³/mol. The summed E-state index contributed by atoms with van der Waals surface area (Å²) in [6.45, 7) is 4.71. The number of furan rings is 1. The molecule has 282 valence electrons. The highest BCUT2D eigenvalue weighted by molar-refractivity contribution is 6.06. The van der Waals surface area contributed by atoms with Gasteiger partial charge < -0.3 is 9.32 Å². The molecule has 0 spiro atoms. The first-order valence-electron chi connectivity index (χ1n) is 20.8. The Hall–Kier alpha value is -7.60. The molecule has 1 aromatic heterocycles. The lowest BCUT2D eigenvalue weighted by atomic mass is 9.68. The first-order valence-corrected chi connectivity index (χ1v) is 20.8. The van der Waals surface area contributed by atoms with Gasteiger partial charge in [-0.1, -0.05) is 159 Å². The van der Waals surface area contributed by atoms with Crippen LogP contribution in [0.3, 0.4) is 0 Å². The van der Waals surface area contributed by atoms with E-state index in [9.17, 15) is 0 Å². The topological polar surface area (TPSA) is 16.4 Å². The summed E-state index contributed by atoms with van der Waals surface area (Å²) in [5.41, 5.74) is 19.4. The normalized spacial score (nSPS) is 14.0. The van der Waals surface area contributed by atoms with Crippen LogP contribution < -0.4 is 4.90 Å². The van der Waals surface area contributed by atoms with Crippen LogP contribution in [0, 0.1) is 12.1 Å². The molecule has 0 unspecified atom stereocenters. The van der Waals surface area contributed by atoms with Crippen LogP contribution in [0.2, 0.25) is 0 Å². The van der Waals surface area contributed by atoms with E-state index in [4.69, 9.17) is 4.42 Å². The zero-order valence-electron chi connectivity index (χ0n) is 33.4. The van der Waals surface area contributed by atoms with Gasteiger partial charge >= 0.3 is 0 Å². The number of fused-ring (bicyclic) bond motifs is 9. The molecule has 0 bridgehead atoms. The number of hydrogen-bond donors (Lipinski definition) is 0. The number of hydrogen-bond acceptors (Lipinski definition) is 2. The minimum absolute atomic E-state index is 0.138. The van der Waals surface area contributed by atoms with Crippen molar-refractivity contribution in [2.45, 2.75) is 24.7 Å². The van der Waals surface area contributed by atoms with Crippen molar-refractivity contribution in [2.75, 3.05) is 4.90 Å². The van der Waals surface area contributed by atoms with Gasteiger partial charge in [0.2, 0.25) is 0 Å². The highest BCUT2D eigenvalue weighted by Crippen LogP contribution is 2.56. The van der Waals surface area contributed by atoms with Crippen molar-refractivity contribution in [3.05, 3.63) is 246 Å². The van der Waals surface area contributed by atoms with E-state index in [-0.39, 0.29) is 5.41 Å². The maximum atomic E-state index is 6.21. The Bertz CT molecular complexity index is 3250. The lowest BCUT2D eigenvalue weighted by Crippen LogP contribution is -2.28. The Morgan fingerprint density at radius 2 is 1.05 bits per heavy atom. The van der Waals surface area contributed by atoms with Gasteiger partial charge in [0.25, 0.3) is 0 Å². The number of para-hydroxylation sites is 1. The largest absolute Gasteiger partial charge is 0.456 e. The fourth-order valence-electron chi connectivity index (χ4n) is 10.4. The zero-order valence-corrected chi connectivity index (χ0v) is 33.4. The van der Waals surface area contributed by atoms with E-state index in [1.54, 1.807) is 0 Å². The Kier molecular flexibility index (Phi) is 7.44. The van der Waals surface area contributed by atoms with Crippen molar-refractivity contribution in [1.82, 2.24) is 0 Å². The minimum Gasteiger partial charge on any atom is -0.456 e. The molecule has 0 fully saturated rings. The van der Waals surface area contributed by atoms with Crippen molar-refractivity contribution < 1.29 is 4.42 Å². The third kappa shape index (κ3) is 4.90. The van der Waals surface area contributed by atoms with Crippen LogP contribution in [0.25, 0.3) is 55.3 Å². The molecule has 0 saturated heterocycles. The summed E-state index contributed by atoms with van der Waals surface area (Å²) in [4.78, 5) is 2.42. The summed E-state index contributed by atoms with van der Waals surface area (Å²) >= 11 is 0. The van der Waals surface area contributed by atoms with Crippen LogP contribution >= 0.6 is 0 Å². The third-order valence-electron chi connectivity index (χ3n) is 13.2. The van der Waals surface area contributed by atoms with E-state index in [2.05, 4.69) is 213 Å². The Balaban J connectivity index is 1.04. The van der Waals surface area contributed by atoms with Gasteiger partial charge in [0, 0.05) is 38.8 Å². The summed E-state index contributed by atoms with van der Waals surface area (Å²) in [7, 11) is 0. The van der Waals surface area contributed by atoms with Gasteiger partial charge in [0.15, 0.2) is 0 Å². The van der Waals surface area contributed by atoms with Gasteiger partial charge in [-0.05, 0) is 128 Å². The first kappa shape index (κ1) is 34.4. The quantitative estimate of drug-likeness (QED) is 0.168. The second kappa shape index (κ2) is 13.0. The average molecular weight is 766 g/mol. The maximum Gasteiger partial charge on any atom is 0.135 e. The van der Waals surface area contributed by atoms with Gasteiger partial charge in [-0.2, -0.15) is 0 Å². The molecular weight excluding hydrogens is 727 g/mol. The highest BCUT2D eigenvalue weighted by Gasteiger charge is 2.46. The van der Waals surface area contributed by atoms with Crippen LogP contribution in [-0.4, -0.2) is 0 Å². The monoisotopic (exact) mass is 765 g/mol. The lowest BCUT2D eigenvalue weighted by Gasteiger charge is -2.33. The Morgan fingerprint density at radius 1 is 0.433 bits per heavy atom. The first-order chi connectivity index (χ1) is 29.5. The van der Waals surface area contributed by atoms with Gasteiger partial charge in [-0.25, -0.2) is 0 Å². The average Bonchev–Trinajstić information content (AvgIpc) is 3.91. The highest BCUT2D eigenvalue weighted by atomic mass is 16.3. The van der Waals surface area contributed by atoms with E-state index < -0.39 is 5.41 Å². The van der Waals surface area contributed by atoms with E-state index in [0.29, 0.717) is 0 Å². The standard InChI is InChI=1S/C58H39NO/c1-57(2)51-23-10-6-19-45(51)48-33-32-44(37-54(48)57)59(43-18-14-15-38(35-43)39-27-34-56-50(36-39)49-22-9-13-26-55(49)60-56)42-30-28-41(29-31-42)58(40-16-4-3-5-17-40)52-24-11-7-20-46(52)47-21-8-12-25-53(47)58/h3-4,6-16,18-37H,1-2H3. The fraction of sp³-hybridized carbons (Fsp3) is 0.0690. The predicted octanol–water partition coefficient (Wildman–Crippen LogP) is 15.0. The Morgan fingerprint density at radius 3 is 1.80 bits per heavy atom. The van der Waals surface area contributed by atoms with Gasteiger partial charge in [-0.3, -0.25) is 0 Å². The molecule has 10 aromatic rings. The maximum absolute atomic E-state index is 6.21. The van der Waals surface area contributed by atoms with Crippen LogP contribution in [-0.2, 0) is 10.8 Å². The number of anilines is 3. The number of benzene rings is 8. The fourth-order valence-corrected chi connectivity index (χ4v) is 10.4. The van der Waals surface area contributed by atoms with Crippen LogP contribution in [0.5, 0.6) is 0 Å². The molecule has 2 heteroatoms. The summed E-state index contributed by atoms with van der Waals surface area (Å²) in [6, 6.07) is 79.7. The van der Waals surface area contributed by atoms with Crippen molar-refractivity contribution in [1.29, 1.82) is 0 Å². The molecule has 0 aliphatic heterocycles. The van der Waals surface area contributed by atoms with Crippen LogP contribution in [0.1, 0.15) is 47.2 Å². The molecule has 0 saturated carbocycles. The van der Waals surface area contributed by atoms with Crippen molar-refractivity contribution in [3.63, 3.8) is 0 Å².